The largest absolute Gasteiger partial charge is 0.488 e. The average Bonchev–Trinajstić information content (AvgIpc) is 3.39. The third-order valence-electron chi connectivity index (χ3n) is 5.77. The molecule has 2 saturated heterocycles. The number of aliphatic hydroxyl groups excluding tert-OH is 4. The van der Waals surface area contributed by atoms with Crippen LogP contribution in [0.5, 0.6) is 5.75 Å². The van der Waals surface area contributed by atoms with Crippen molar-refractivity contribution in [1.29, 1.82) is 0 Å². The van der Waals surface area contributed by atoms with E-state index in [1.54, 1.807) is 12.1 Å². The zero-order chi connectivity index (χ0) is 22.0. The van der Waals surface area contributed by atoms with Gasteiger partial charge in [0.15, 0.2) is 0 Å². The maximum atomic E-state index is 10.4. The first-order valence-electron chi connectivity index (χ1n) is 10.4. The Kier molecular flexibility index (Phi) is 7.13. The first kappa shape index (κ1) is 22.5. The molecule has 0 saturated carbocycles. The van der Waals surface area contributed by atoms with E-state index in [9.17, 15) is 15.3 Å². The van der Waals surface area contributed by atoms with Gasteiger partial charge in [0, 0.05) is 11.4 Å². The van der Waals surface area contributed by atoms with E-state index in [1.165, 1.54) is 0 Å². The van der Waals surface area contributed by atoms with Gasteiger partial charge < -0.3 is 34.6 Å². The molecular formula is C23H27ClO7. The minimum Gasteiger partial charge on any atom is -0.488 e. The second kappa shape index (κ2) is 9.83. The molecule has 2 aromatic carbocycles. The maximum absolute atomic E-state index is 10.4. The van der Waals surface area contributed by atoms with E-state index >= 15 is 0 Å². The minimum absolute atomic E-state index is 0.0957. The van der Waals surface area contributed by atoms with Gasteiger partial charge in [0.2, 0.25) is 0 Å². The number of hydrogen-bond acceptors (Lipinski definition) is 7. The highest BCUT2D eigenvalue weighted by Crippen LogP contribution is 2.36. The van der Waals surface area contributed by atoms with Gasteiger partial charge in [-0.25, -0.2) is 0 Å². The lowest BCUT2D eigenvalue weighted by molar-refractivity contribution is -0.0820. The Hall–Kier alpha value is -1.71. The SMILES string of the molecule is OC[C@@H](O)[C@H]1O[C@@H](c2ccc(Cl)c(Cc3ccc(O[C@H]4CCOC4)cc3)c2)[C@H](O)[C@H]1O. The van der Waals surface area contributed by atoms with E-state index in [4.69, 9.17) is 30.9 Å². The number of ether oxygens (including phenoxy) is 3. The summed E-state index contributed by atoms with van der Waals surface area (Å²) in [7, 11) is 0. The smallest absolute Gasteiger partial charge is 0.124 e. The molecule has 0 aromatic heterocycles. The summed E-state index contributed by atoms with van der Waals surface area (Å²) in [6.45, 7) is 0.776. The normalized spacial score (nSPS) is 29.3. The summed E-state index contributed by atoms with van der Waals surface area (Å²) in [4.78, 5) is 0. The summed E-state index contributed by atoms with van der Waals surface area (Å²) in [6.07, 6.45) is -4.15. The maximum Gasteiger partial charge on any atom is 0.124 e. The zero-order valence-electron chi connectivity index (χ0n) is 16.9. The summed E-state index contributed by atoms with van der Waals surface area (Å²) in [5.74, 6) is 0.795. The van der Waals surface area contributed by atoms with Crippen molar-refractivity contribution in [3.63, 3.8) is 0 Å². The Morgan fingerprint density at radius 3 is 2.55 bits per heavy atom. The van der Waals surface area contributed by atoms with Gasteiger partial charge in [-0.15, -0.1) is 0 Å². The van der Waals surface area contributed by atoms with Gasteiger partial charge >= 0.3 is 0 Å². The molecule has 6 atom stereocenters. The molecule has 2 aliphatic heterocycles. The van der Waals surface area contributed by atoms with Crippen LogP contribution in [0.4, 0.5) is 0 Å². The molecule has 0 unspecified atom stereocenters. The molecule has 2 aliphatic rings. The van der Waals surface area contributed by atoms with Crippen LogP contribution in [-0.4, -0.2) is 70.8 Å². The highest BCUT2D eigenvalue weighted by atomic mass is 35.5. The van der Waals surface area contributed by atoms with Crippen LogP contribution in [0.3, 0.4) is 0 Å². The Bertz CT molecular complexity index is 869. The van der Waals surface area contributed by atoms with Crippen LogP contribution in [0.2, 0.25) is 5.02 Å². The summed E-state index contributed by atoms with van der Waals surface area (Å²) in [5.41, 5.74) is 2.52. The molecule has 2 aromatic rings. The van der Waals surface area contributed by atoms with E-state index in [2.05, 4.69) is 0 Å². The lowest BCUT2D eigenvalue weighted by Crippen LogP contribution is -2.40. The molecule has 4 N–H and O–H groups in total. The van der Waals surface area contributed by atoms with Crippen LogP contribution in [0.15, 0.2) is 42.5 Å². The van der Waals surface area contributed by atoms with Crippen LogP contribution in [0.25, 0.3) is 0 Å². The van der Waals surface area contributed by atoms with E-state index in [1.807, 2.05) is 30.3 Å². The molecule has 8 heteroatoms. The van der Waals surface area contributed by atoms with Crippen LogP contribution < -0.4 is 4.74 Å². The molecule has 168 valence electrons. The Morgan fingerprint density at radius 2 is 1.87 bits per heavy atom. The number of aliphatic hydroxyl groups is 4. The predicted molar refractivity (Wildman–Crippen MR) is 113 cm³/mol. The van der Waals surface area contributed by atoms with Crippen molar-refractivity contribution >= 4 is 11.6 Å². The Balaban J connectivity index is 1.47. The standard InChI is InChI=1S/C23H27ClO7/c24-18-6-3-14(22-20(27)21(28)23(31-22)19(26)11-25)10-15(18)9-13-1-4-16(5-2-13)30-17-7-8-29-12-17/h1-6,10,17,19-23,25-28H,7-9,11-12H2/t17-,19+,20+,21+,22-,23+/m0/s1. The highest BCUT2D eigenvalue weighted by Gasteiger charge is 2.46. The van der Waals surface area contributed by atoms with E-state index in [0.29, 0.717) is 23.6 Å². The summed E-state index contributed by atoms with van der Waals surface area (Å²) < 4.78 is 16.9. The molecule has 7 nitrogen and oxygen atoms in total. The van der Waals surface area contributed by atoms with Gasteiger partial charge in [0.05, 0.1) is 19.8 Å². The first-order chi connectivity index (χ1) is 15.0. The quantitative estimate of drug-likeness (QED) is 0.507. The fourth-order valence-electron chi connectivity index (χ4n) is 4.01. The fourth-order valence-corrected chi connectivity index (χ4v) is 4.20. The Labute approximate surface area is 185 Å². The average molecular weight is 451 g/mol. The highest BCUT2D eigenvalue weighted by molar-refractivity contribution is 6.31. The molecule has 0 aliphatic carbocycles. The molecule has 2 fully saturated rings. The summed E-state index contributed by atoms with van der Waals surface area (Å²) in [6, 6.07) is 13.1. The topological polar surface area (TPSA) is 109 Å². The van der Waals surface area contributed by atoms with Crippen molar-refractivity contribution in [2.45, 2.75) is 49.5 Å². The van der Waals surface area contributed by atoms with Gasteiger partial charge in [0.1, 0.15) is 42.4 Å². The van der Waals surface area contributed by atoms with Crippen LogP contribution >= 0.6 is 11.6 Å². The van der Waals surface area contributed by atoms with Crippen molar-refractivity contribution in [1.82, 2.24) is 0 Å². The fraction of sp³-hybridized carbons (Fsp3) is 0.478. The second-order valence-corrected chi connectivity index (χ2v) is 8.43. The molecule has 0 bridgehead atoms. The van der Waals surface area contributed by atoms with Gasteiger partial charge in [-0.1, -0.05) is 35.9 Å². The van der Waals surface area contributed by atoms with E-state index < -0.39 is 37.1 Å². The van der Waals surface area contributed by atoms with Crippen molar-refractivity contribution in [3.05, 3.63) is 64.2 Å². The number of hydrogen-bond donors (Lipinski definition) is 4. The van der Waals surface area contributed by atoms with Crippen molar-refractivity contribution in [2.24, 2.45) is 0 Å². The van der Waals surface area contributed by atoms with Gasteiger partial charge in [-0.05, 0) is 41.3 Å². The van der Waals surface area contributed by atoms with Crippen LogP contribution in [0, 0.1) is 0 Å². The first-order valence-corrected chi connectivity index (χ1v) is 10.8. The molecule has 2 heterocycles. The third-order valence-corrected chi connectivity index (χ3v) is 6.14. The predicted octanol–water partition coefficient (Wildman–Crippen LogP) is 1.61. The van der Waals surface area contributed by atoms with Crippen LogP contribution in [0.1, 0.15) is 29.2 Å². The van der Waals surface area contributed by atoms with Gasteiger partial charge in [0.25, 0.3) is 0 Å². The minimum atomic E-state index is -1.30. The van der Waals surface area contributed by atoms with Gasteiger partial charge in [-0.2, -0.15) is 0 Å². The van der Waals surface area contributed by atoms with E-state index in [-0.39, 0.29) is 6.10 Å². The number of halogens is 1. The van der Waals surface area contributed by atoms with Crippen molar-refractivity contribution < 1.29 is 34.6 Å². The number of rotatable bonds is 7. The molecule has 0 amide bonds. The van der Waals surface area contributed by atoms with Gasteiger partial charge in [-0.3, -0.25) is 0 Å². The molecule has 0 radical (unpaired) electrons. The Morgan fingerprint density at radius 1 is 1.10 bits per heavy atom. The molecule has 0 spiro atoms. The molecule has 31 heavy (non-hydrogen) atoms. The lowest BCUT2D eigenvalue weighted by Gasteiger charge is -2.19. The zero-order valence-corrected chi connectivity index (χ0v) is 17.7. The van der Waals surface area contributed by atoms with Crippen molar-refractivity contribution in [3.8, 4) is 5.75 Å². The van der Waals surface area contributed by atoms with Crippen molar-refractivity contribution in [2.75, 3.05) is 19.8 Å². The van der Waals surface area contributed by atoms with Crippen LogP contribution in [-0.2, 0) is 15.9 Å². The number of benzene rings is 2. The second-order valence-electron chi connectivity index (χ2n) is 8.03. The summed E-state index contributed by atoms with van der Waals surface area (Å²) >= 11 is 6.40. The lowest BCUT2D eigenvalue weighted by atomic mass is 9.96. The third kappa shape index (κ3) is 5.04. The molecule has 4 rings (SSSR count). The summed E-state index contributed by atoms with van der Waals surface area (Å²) in [5, 5.41) is 40.1. The van der Waals surface area contributed by atoms with E-state index in [0.717, 1.165) is 29.9 Å². The molecular weight excluding hydrogens is 424 g/mol. The monoisotopic (exact) mass is 450 g/mol.